The van der Waals surface area contributed by atoms with Crippen LogP contribution in [0.2, 0.25) is 0 Å². The van der Waals surface area contributed by atoms with Gasteiger partial charge in [-0.1, -0.05) is 82.7 Å². The van der Waals surface area contributed by atoms with Crippen molar-refractivity contribution in [1.29, 1.82) is 0 Å². The van der Waals surface area contributed by atoms with Crippen molar-refractivity contribution in [2.75, 3.05) is 7.11 Å². The molecule has 0 aromatic rings. The summed E-state index contributed by atoms with van der Waals surface area (Å²) in [4.78, 5) is 25.3. The van der Waals surface area contributed by atoms with E-state index in [0.29, 0.717) is 24.8 Å². The zero-order valence-electron chi connectivity index (χ0n) is 25.2. The molecular weight excluding hydrogens is 524 g/mol. The van der Waals surface area contributed by atoms with E-state index in [1.54, 1.807) is 18.2 Å². The number of aliphatic hydroxyl groups excluding tert-OH is 2. The fraction of sp³-hybridized carbons (Fsp3) is 0.636. The van der Waals surface area contributed by atoms with Crippen LogP contribution >= 0.6 is 0 Å². The molecule has 41 heavy (non-hydrogen) atoms. The van der Waals surface area contributed by atoms with E-state index >= 15 is 0 Å². The van der Waals surface area contributed by atoms with Crippen molar-refractivity contribution in [2.45, 2.75) is 104 Å². The smallest absolute Gasteiger partial charge is 0.331 e. The monoisotopic (exact) mass is 572 g/mol. The largest absolute Gasteiger partial charge is 0.456 e. The van der Waals surface area contributed by atoms with Gasteiger partial charge in [-0.2, -0.15) is 0 Å². The Labute approximate surface area is 244 Å². The van der Waals surface area contributed by atoms with Gasteiger partial charge in [-0.25, -0.2) is 4.79 Å². The van der Waals surface area contributed by atoms with Gasteiger partial charge in [0.25, 0.3) is 0 Å². The standard InChI is InChI=1S/C33H48O8/c1-8-10-11-12-13-14-15-16-27(36)40-28-22(4)32(6,18-17-21(3)9-2)26-20-24(35)19-25-30(38-7)41-31(39-23(5)34)33(25,26)29(28)37/h9,13-16,19,22,24,26,28-31,35,37H,2-3,8,10-12,17-18,20H2,1,4-7H3/b14-13+,16-15-/t22-,24+,26+,28-,29+,30+,31+,32-,33-/m1/s1. The highest BCUT2D eigenvalue weighted by molar-refractivity contribution is 5.82. The first-order valence-electron chi connectivity index (χ1n) is 14.7. The molecule has 8 heteroatoms. The quantitative estimate of drug-likeness (QED) is 0.100. The number of allylic oxidation sites excluding steroid dienone is 5. The lowest BCUT2D eigenvalue weighted by Crippen LogP contribution is -2.68. The van der Waals surface area contributed by atoms with Gasteiger partial charge in [0, 0.05) is 26.0 Å². The van der Waals surface area contributed by atoms with Gasteiger partial charge in [-0.3, -0.25) is 4.79 Å². The third-order valence-corrected chi connectivity index (χ3v) is 9.41. The van der Waals surface area contributed by atoms with Crippen LogP contribution in [-0.2, 0) is 28.5 Å². The van der Waals surface area contributed by atoms with E-state index in [1.807, 2.05) is 19.1 Å². The SMILES string of the molecule is C=CC(=C)CC[C@]1(C)[C@H](C)[C@@H](OC(=O)/C=C\C=C\CCCCC)[C@H](O)[C@@]23C(=C[C@H](O)C[C@@H]12)[C@@H](OC)O[C@@H]3OC(C)=O. The number of aliphatic hydroxyl groups is 2. The van der Waals surface area contributed by atoms with Gasteiger partial charge in [-0.05, 0) is 49.0 Å². The Morgan fingerprint density at radius 1 is 1.22 bits per heavy atom. The average molecular weight is 573 g/mol. The van der Waals surface area contributed by atoms with Crippen molar-refractivity contribution in [3.63, 3.8) is 0 Å². The van der Waals surface area contributed by atoms with E-state index in [0.717, 1.165) is 31.3 Å². The van der Waals surface area contributed by atoms with Crippen LogP contribution in [0.4, 0.5) is 0 Å². The lowest BCUT2D eigenvalue weighted by molar-refractivity contribution is -0.276. The lowest BCUT2D eigenvalue weighted by Gasteiger charge is -2.62. The molecule has 1 spiro atoms. The summed E-state index contributed by atoms with van der Waals surface area (Å²) in [5.74, 6) is -1.91. The molecule has 8 nitrogen and oxygen atoms in total. The Morgan fingerprint density at radius 3 is 2.59 bits per heavy atom. The number of ether oxygens (including phenoxy) is 4. The number of methoxy groups -OCH3 is 1. The van der Waals surface area contributed by atoms with E-state index in [9.17, 15) is 19.8 Å². The number of carbonyl (C=O) groups is 2. The fourth-order valence-electron chi connectivity index (χ4n) is 7.06. The molecule has 1 saturated heterocycles. The summed E-state index contributed by atoms with van der Waals surface area (Å²) in [6, 6.07) is 0. The summed E-state index contributed by atoms with van der Waals surface area (Å²) in [5, 5.41) is 23.2. The molecule has 0 aromatic heterocycles. The second-order valence-electron chi connectivity index (χ2n) is 11.8. The Hall–Kier alpha value is -2.52. The van der Waals surface area contributed by atoms with Crippen LogP contribution in [0.15, 0.2) is 60.8 Å². The molecule has 2 N–H and O–H groups in total. The van der Waals surface area contributed by atoms with Crippen LogP contribution in [0.3, 0.4) is 0 Å². The zero-order valence-corrected chi connectivity index (χ0v) is 25.2. The molecule has 0 aromatic carbocycles. The Morgan fingerprint density at radius 2 is 1.95 bits per heavy atom. The Balaban J connectivity index is 2.05. The Bertz CT molecular complexity index is 1060. The minimum Gasteiger partial charge on any atom is -0.456 e. The first kappa shape index (κ1) is 33.0. The maximum atomic E-state index is 13.1. The molecule has 0 radical (unpaired) electrons. The lowest BCUT2D eigenvalue weighted by atomic mass is 9.44. The normalized spacial score (nSPS) is 36.5. The summed E-state index contributed by atoms with van der Waals surface area (Å²) < 4.78 is 23.4. The summed E-state index contributed by atoms with van der Waals surface area (Å²) in [6.45, 7) is 15.4. The molecule has 1 aliphatic heterocycles. The van der Waals surface area contributed by atoms with Crippen LogP contribution in [0, 0.1) is 22.7 Å². The minimum absolute atomic E-state index is 0.295. The highest BCUT2D eigenvalue weighted by Crippen LogP contribution is 2.67. The number of esters is 2. The molecule has 228 valence electrons. The third-order valence-electron chi connectivity index (χ3n) is 9.41. The van der Waals surface area contributed by atoms with Crippen LogP contribution in [0.5, 0.6) is 0 Å². The van der Waals surface area contributed by atoms with E-state index < -0.39 is 59.6 Å². The molecule has 9 atom stereocenters. The summed E-state index contributed by atoms with van der Waals surface area (Å²) in [7, 11) is 1.45. The van der Waals surface area contributed by atoms with Gasteiger partial charge >= 0.3 is 11.9 Å². The second kappa shape index (κ2) is 14.1. The van der Waals surface area contributed by atoms with E-state index in [2.05, 4.69) is 27.0 Å². The number of hydrogen-bond donors (Lipinski definition) is 2. The van der Waals surface area contributed by atoms with Gasteiger partial charge in [0.05, 0.1) is 11.5 Å². The van der Waals surface area contributed by atoms with Crippen molar-refractivity contribution < 1.29 is 38.7 Å². The van der Waals surface area contributed by atoms with Crippen molar-refractivity contribution in [3.8, 4) is 0 Å². The summed E-state index contributed by atoms with van der Waals surface area (Å²) in [6.07, 6.45) is 10.7. The van der Waals surface area contributed by atoms with E-state index in [4.69, 9.17) is 18.9 Å². The van der Waals surface area contributed by atoms with Crippen molar-refractivity contribution in [3.05, 3.63) is 60.8 Å². The topological polar surface area (TPSA) is 112 Å². The second-order valence-corrected chi connectivity index (χ2v) is 11.8. The van der Waals surface area contributed by atoms with Gasteiger partial charge in [0.1, 0.15) is 12.2 Å². The maximum Gasteiger partial charge on any atom is 0.331 e. The molecule has 0 bridgehead atoms. The van der Waals surface area contributed by atoms with E-state index in [-0.39, 0.29) is 5.92 Å². The average Bonchev–Trinajstić information content (AvgIpc) is 3.24. The summed E-state index contributed by atoms with van der Waals surface area (Å²) in [5.41, 5.74) is -0.572. The first-order valence-corrected chi connectivity index (χ1v) is 14.7. The zero-order chi connectivity index (χ0) is 30.4. The van der Waals surface area contributed by atoms with Crippen LogP contribution < -0.4 is 0 Å². The van der Waals surface area contributed by atoms with Gasteiger partial charge in [-0.15, -0.1) is 0 Å². The van der Waals surface area contributed by atoms with Crippen molar-refractivity contribution in [1.82, 2.24) is 0 Å². The predicted octanol–water partition coefficient (Wildman–Crippen LogP) is 5.32. The number of rotatable bonds is 13. The molecule has 3 rings (SSSR count). The van der Waals surface area contributed by atoms with Crippen LogP contribution in [0.25, 0.3) is 0 Å². The predicted molar refractivity (Wildman–Crippen MR) is 156 cm³/mol. The van der Waals surface area contributed by atoms with Crippen LogP contribution in [-0.4, -0.2) is 60.2 Å². The molecule has 1 heterocycles. The molecular formula is C33H48O8. The van der Waals surface area contributed by atoms with Gasteiger partial charge in [0.15, 0.2) is 6.29 Å². The van der Waals surface area contributed by atoms with Crippen molar-refractivity contribution in [2.24, 2.45) is 22.7 Å². The molecule has 0 amide bonds. The van der Waals surface area contributed by atoms with Gasteiger partial charge < -0.3 is 29.2 Å². The van der Waals surface area contributed by atoms with Gasteiger partial charge in [0.2, 0.25) is 6.29 Å². The molecule has 2 aliphatic carbocycles. The first-order chi connectivity index (χ1) is 19.5. The number of carbonyl (C=O) groups excluding carboxylic acids is 2. The van der Waals surface area contributed by atoms with E-state index in [1.165, 1.54) is 20.1 Å². The van der Waals surface area contributed by atoms with Crippen molar-refractivity contribution >= 4 is 11.9 Å². The minimum atomic E-state index is -1.31. The third kappa shape index (κ3) is 6.61. The molecule has 2 fully saturated rings. The Kier molecular flexibility index (Phi) is 11.3. The van der Waals surface area contributed by atoms with Crippen LogP contribution in [0.1, 0.15) is 72.6 Å². The number of unbranched alkanes of at least 4 members (excludes halogenated alkanes) is 3. The highest BCUT2D eigenvalue weighted by atomic mass is 16.8. The fourth-order valence-corrected chi connectivity index (χ4v) is 7.06. The number of hydrogen-bond acceptors (Lipinski definition) is 8. The molecule has 0 unspecified atom stereocenters. The molecule has 1 saturated carbocycles. The molecule has 3 aliphatic rings. The maximum absolute atomic E-state index is 13.1. The highest BCUT2D eigenvalue weighted by Gasteiger charge is 2.73. The summed E-state index contributed by atoms with van der Waals surface area (Å²) >= 11 is 0.